The second-order valence-electron chi connectivity index (χ2n) is 5.08. The number of rotatable bonds is 4. The van der Waals surface area contributed by atoms with Gasteiger partial charge in [-0.1, -0.05) is 30.3 Å². The lowest BCUT2D eigenvalue weighted by molar-refractivity contribution is -0.131. The van der Waals surface area contributed by atoms with Crippen LogP contribution in [0.5, 0.6) is 0 Å². The van der Waals surface area contributed by atoms with Gasteiger partial charge in [0, 0.05) is 31.1 Å². The normalized spacial score (nSPS) is 17.9. The van der Waals surface area contributed by atoms with Crippen LogP contribution in [0, 0.1) is 0 Å². The van der Waals surface area contributed by atoms with Gasteiger partial charge >= 0.3 is 0 Å². The Balaban J connectivity index is 1.64. The fourth-order valence-electron chi connectivity index (χ4n) is 2.57. The third-order valence-corrected chi connectivity index (χ3v) is 4.93. The third kappa shape index (κ3) is 3.45. The molecule has 1 aromatic carbocycles. The van der Waals surface area contributed by atoms with Crippen LogP contribution in [-0.2, 0) is 11.2 Å². The molecule has 1 aliphatic heterocycles. The van der Waals surface area contributed by atoms with Crippen molar-refractivity contribution in [3.8, 4) is 0 Å². The minimum Gasteiger partial charge on any atom is -0.326 e. The molecule has 0 bridgehead atoms. The Labute approximate surface area is 129 Å². The van der Waals surface area contributed by atoms with E-state index >= 15 is 0 Å². The number of aryl methyl sites for hydroxylation is 1. The van der Waals surface area contributed by atoms with Crippen molar-refractivity contribution in [1.29, 1.82) is 0 Å². The lowest BCUT2D eigenvalue weighted by Crippen LogP contribution is -2.30. The topological polar surface area (TPSA) is 33.2 Å². The van der Waals surface area contributed by atoms with Crippen molar-refractivity contribution in [1.82, 2.24) is 9.88 Å². The second-order valence-corrected chi connectivity index (χ2v) is 6.26. The number of benzene rings is 1. The monoisotopic (exact) mass is 298 g/mol. The number of amides is 1. The van der Waals surface area contributed by atoms with Crippen LogP contribution in [0.3, 0.4) is 0 Å². The number of pyridine rings is 1. The van der Waals surface area contributed by atoms with Gasteiger partial charge in [0.1, 0.15) is 5.37 Å². The van der Waals surface area contributed by atoms with E-state index in [2.05, 4.69) is 17.1 Å². The van der Waals surface area contributed by atoms with Crippen LogP contribution in [0.1, 0.15) is 22.9 Å². The summed E-state index contributed by atoms with van der Waals surface area (Å²) in [5.41, 5.74) is 2.39. The molecule has 4 heteroatoms. The van der Waals surface area contributed by atoms with Crippen LogP contribution in [0.4, 0.5) is 0 Å². The molecule has 3 nitrogen and oxygen atoms in total. The van der Waals surface area contributed by atoms with Crippen LogP contribution >= 0.6 is 11.8 Å². The average molecular weight is 298 g/mol. The summed E-state index contributed by atoms with van der Waals surface area (Å²) < 4.78 is 0. The Kier molecular flexibility index (Phi) is 4.55. The van der Waals surface area contributed by atoms with E-state index in [1.54, 1.807) is 12.4 Å². The predicted molar refractivity (Wildman–Crippen MR) is 85.9 cm³/mol. The molecule has 1 unspecified atom stereocenters. The van der Waals surface area contributed by atoms with Crippen LogP contribution in [0.2, 0.25) is 0 Å². The summed E-state index contributed by atoms with van der Waals surface area (Å²) >= 11 is 1.83. The van der Waals surface area contributed by atoms with Crippen molar-refractivity contribution in [3.63, 3.8) is 0 Å². The number of carbonyl (C=O) groups excluding carboxylic acids is 1. The number of nitrogens with zero attached hydrogens (tertiary/aromatic N) is 2. The minimum atomic E-state index is 0.149. The van der Waals surface area contributed by atoms with E-state index < -0.39 is 0 Å². The van der Waals surface area contributed by atoms with Crippen molar-refractivity contribution >= 4 is 17.7 Å². The van der Waals surface area contributed by atoms with E-state index in [1.165, 1.54) is 11.1 Å². The van der Waals surface area contributed by atoms with Gasteiger partial charge in [-0.2, -0.15) is 0 Å². The third-order valence-electron chi connectivity index (χ3n) is 3.67. The summed E-state index contributed by atoms with van der Waals surface area (Å²) in [5.74, 6) is 1.25. The van der Waals surface area contributed by atoms with Gasteiger partial charge < -0.3 is 4.90 Å². The Morgan fingerprint density at radius 2 is 1.95 bits per heavy atom. The predicted octanol–water partition coefficient (Wildman–Crippen LogP) is 3.29. The van der Waals surface area contributed by atoms with Gasteiger partial charge in [-0.05, 0) is 29.7 Å². The summed E-state index contributed by atoms with van der Waals surface area (Å²) in [6.45, 7) is 0.839. The first kappa shape index (κ1) is 14.1. The van der Waals surface area contributed by atoms with Crippen molar-refractivity contribution in [3.05, 3.63) is 66.0 Å². The molecule has 1 atom stereocenters. The van der Waals surface area contributed by atoms with E-state index in [0.29, 0.717) is 6.42 Å². The Morgan fingerprint density at radius 3 is 2.71 bits per heavy atom. The number of thioether (sulfide) groups is 1. The van der Waals surface area contributed by atoms with Gasteiger partial charge in [-0.15, -0.1) is 11.8 Å². The Bertz CT molecular complexity index is 588. The van der Waals surface area contributed by atoms with E-state index in [-0.39, 0.29) is 11.3 Å². The zero-order chi connectivity index (χ0) is 14.5. The molecule has 2 heterocycles. The molecule has 1 fully saturated rings. The van der Waals surface area contributed by atoms with Crippen LogP contribution in [0.25, 0.3) is 0 Å². The van der Waals surface area contributed by atoms with Crippen molar-refractivity contribution < 1.29 is 4.79 Å². The average Bonchev–Trinajstić information content (AvgIpc) is 3.04. The van der Waals surface area contributed by atoms with Gasteiger partial charge in [0.05, 0.1) is 0 Å². The first-order valence-electron chi connectivity index (χ1n) is 7.19. The zero-order valence-corrected chi connectivity index (χ0v) is 12.6. The van der Waals surface area contributed by atoms with Crippen LogP contribution in [0.15, 0.2) is 54.9 Å². The molecule has 0 radical (unpaired) electrons. The molecule has 0 saturated carbocycles. The van der Waals surface area contributed by atoms with E-state index in [0.717, 1.165) is 18.7 Å². The van der Waals surface area contributed by atoms with E-state index in [1.807, 2.05) is 47.0 Å². The molecule has 1 aliphatic rings. The molecule has 21 heavy (non-hydrogen) atoms. The highest BCUT2D eigenvalue weighted by molar-refractivity contribution is 7.99. The van der Waals surface area contributed by atoms with Crippen LogP contribution < -0.4 is 0 Å². The molecule has 0 N–H and O–H groups in total. The van der Waals surface area contributed by atoms with Gasteiger partial charge in [0.2, 0.25) is 5.91 Å². The highest BCUT2D eigenvalue weighted by Gasteiger charge is 2.30. The quantitative estimate of drug-likeness (QED) is 0.868. The molecule has 108 valence electrons. The molecule has 1 amide bonds. The molecular formula is C17H18N2OS. The largest absolute Gasteiger partial charge is 0.326 e. The summed E-state index contributed by atoms with van der Waals surface area (Å²) in [5, 5.41) is 0.149. The molecule has 1 aromatic heterocycles. The second kappa shape index (κ2) is 6.76. The van der Waals surface area contributed by atoms with E-state index in [9.17, 15) is 4.79 Å². The van der Waals surface area contributed by atoms with Crippen LogP contribution in [-0.4, -0.2) is 28.1 Å². The molecule has 3 rings (SSSR count). The maximum absolute atomic E-state index is 12.5. The number of hydrogen-bond acceptors (Lipinski definition) is 3. The number of aromatic nitrogens is 1. The smallest absolute Gasteiger partial charge is 0.224 e. The fourth-order valence-corrected chi connectivity index (χ4v) is 3.85. The summed E-state index contributed by atoms with van der Waals surface area (Å²) in [4.78, 5) is 18.6. The highest BCUT2D eigenvalue weighted by Crippen LogP contribution is 2.37. The summed E-state index contributed by atoms with van der Waals surface area (Å²) in [6.07, 6.45) is 4.97. The first-order chi connectivity index (χ1) is 10.3. The minimum absolute atomic E-state index is 0.149. The van der Waals surface area contributed by atoms with Crippen molar-refractivity contribution in [2.45, 2.75) is 18.2 Å². The van der Waals surface area contributed by atoms with Gasteiger partial charge in [0.25, 0.3) is 0 Å². The lowest BCUT2D eigenvalue weighted by atomic mass is 10.1. The van der Waals surface area contributed by atoms with Crippen molar-refractivity contribution in [2.24, 2.45) is 0 Å². The number of carbonyl (C=O) groups is 1. The maximum atomic E-state index is 12.5. The fraction of sp³-hybridized carbons (Fsp3) is 0.294. The first-order valence-corrected chi connectivity index (χ1v) is 8.24. The summed E-state index contributed by atoms with van der Waals surface area (Å²) in [6, 6.07) is 14.2. The SMILES string of the molecule is O=C(CCc1ccccc1)N1CCSC1c1ccncc1. The van der Waals surface area contributed by atoms with Gasteiger partial charge in [-0.3, -0.25) is 9.78 Å². The van der Waals surface area contributed by atoms with Gasteiger partial charge in [0.15, 0.2) is 0 Å². The molecule has 1 saturated heterocycles. The summed E-state index contributed by atoms with van der Waals surface area (Å²) in [7, 11) is 0. The van der Waals surface area contributed by atoms with Gasteiger partial charge in [-0.25, -0.2) is 0 Å². The molecule has 0 aliphatic carbocycles. The maximum Gasteiger partial charge on any atom is 0.224 e. The Hall–Kier alpha value is -1.81. The molecule has 0 spiro atoms. The molecule has 2 aromatic rings. The highest BCUT2D eigenvalue weighted by atomic mass is 32.2. The molecular weight excluding hydrogens is 280 g/mol. The standard InChI is InChI=1S/C17H18N2OS/c20-16(7-6-14-4-2-1-3-5-14)19-12-13-21-17(19)15-8-10-18-11-9-15/h1-5,8-11,17H,6-7,12-13H2. The number of hydrogen-bond donors (Lipinski definition) is 0. The Morgan fingerprint density at radius 1 is 1.19 bits per heavy atom. The van der Waals surface area contributed by atoms with Crippen molar-refractivity contribution in [2.75, 3.05) is 12.3 Å². The zero-order valence-electron chi connectivity index (χ0n) is 11.8. The lowest BCUT2D eigenvalue weighted by Gasteiger charge is -2.24. The van der Waals surface area contributed by atoms with E-state index in [4.69, 9.17) is 0 Å².